The first kappa shape index (κ1) is 12.9. The zero-order valence-corrected chi connectivity index (χ0v) is 10.3. The molecule has 0 aromatic rings. The molecule has 0 spiro atoms. The normalized spacial score (nSPS) is 22.5. The van der Waals surface area contributed by atoms with Gasteiger partial charge in [-0.15, -0.1) is 0 Å². The van der Waals surface area contributed by atoms with Gasteiger partial charge in [0.25, 0.3) is 10.2 Å². The maximum absolute atomic E-state index is 11.7. The Morgan fingerprint density at radius 3 is 2.53 bits per heavy atom. The van der Waals surface area contributed by atoms with E-state index < -0.39 is 10.2 Å². The molecule has 6 heteroatoms. The van der Waals surface area contributed by atoms with Gasteiger partial charge in [0.1, 0.15) is 0 Å². The number of hydrogen-bond acceptors (Lipinski definition) is 3. The Kier molecular flexibility index (Phi) is 4.98. The van der Waals surface area contributed by atoms with E-state index >= 15 is 0 Å². The monoisotopic (exact) mass is 235 g/mol. The molecule has 0 amide bonds. The average Bonchev–Trinajstić information content (AvgIpc) is 2.69. The van der Waals surface area contributed by atoms with Crippen LogP contribution in [0.25, 0.3) is 0 Å². The lowest BCUT2D eigenvalue weighted by molar-refractivity contribution is 0.430. The number of nitrogens with one attached hydrogen (secondary N) is 2. The van der Waals surface area contributed by atoms with E-state index in [0.717, 1.165) is 19.4 Å². The van der Waals surface area contributed by atoms with E-state index in [1.165, 1.54) is 4.31 Å². The van der Waals surface area contributed by atoms with Gasteiger partial charge in [0.05, 0.1) is 0 Å². The zero-order chi connectivity index (χ0) is 11.3. The van der Waals surface area contributed by atoms with Gasteiger partial charge in [0.2, 0.25) is 0 Å². The number of rotatable bonds is 6. The van der Waals surface area contributed by atoms with Crippen molar-refractivity contribution in [3.8, 4) is 0 Å². The molecule has 0 aliphatic carbocycles. The molecule has 90 valence electrons. The highest BCUT2D eigenvalue weighted by atomic mass is 32.2. The smallest absolute Gasteiger partial charge is 0.279 e. The SMILES string of the molecule is CCN(CC)S(=O)(=O)NCC1CCCN1. The fraction of sp³-hybridized carbons (Fsp3) is 1.00. The van der Waals surface area contributed by atoms with Gasteiger partial charge >= 0.3 is 0 Å². The van der Waals surface area contributed by atoms with Gasteiger partial charge in [-0.2, -0.15) is 12.7 Å². The quantitative estimate of drug-likeness (QED) is 0.676. The maximum atomic E-state index is 11.7. The van der Waals surface area contributed by atoms with Gasteiger partial charge in [-0.05, 0) is 19.4 Å². The second-order valence-electron chi connectivity index (χ2n) is 3.73. The summed E-state index contributed by atoms with van der Waals surface area (Å²) >= 11 is 0. The predicted octanol–water partition coefficient (Wildman–Crippen LogP) is -0.0854. The van der Waals surface area contributed by atoms with Crippen molar-refractivity contribution >= 4 is 10.2 Å². The van der Waals surface area contributed by atoms with Gasteiger partial charge in [-0.1, -0.05) is 13.8 Å². The topological polar surface area (TPSA) is 61.4 Å². The summed E-state index contributed by atoms with van der Waals surface area (Å²) in [5, 5.41) is 3.26. The number of nitrogens with zero attached hydrogens (tertiary/aromatic N) is 1. The third-order valence-electron chi connectivity index (χ3n) is 2.72. The van der Waals surface area contributed by atoms with Crippen LogP contribution in [0, 0.1) is 0 Å². The first-order valence-corrected chi connectivity index (χ1v) is 7.02. The van der Waals surface area contributed by atoms with Gasteiger partial charge in [0.15, 0.2) is 0 Å². The van der Waals surface area contributed by atoms with Crippen LogP contribution in [0.15, 0.2) is 0 Å². The first-order valence-electron chi connectivity index (χ1n) is 5.58. The van der Waals surface area contributed by atoms with E-state index in [-0.39, 0.29) is 0 Å². The summed E-state index contributed by atoms with van der Waals surface area (Å²) in [6.45, 7) is 6.22. The molecule has 1 heterocycles. The van der Waals surface area contributed by atoms with E-state index in [0.29, 0.717) is 25.7 Å². The fourth-order valence-corrected chi connectivity index (χ4v) is 3.07. The van der Waals surface area contributed by atoms with Crippen molar-refractivity contribution in [1.82, 2.24) is 14.3 Å². The van der Waals surface area contributed by atoms with Crippen LogP contribution in [-0.4, -0.2) is 44.9 Å². The van der Waals surface area contributed by atoms with Gasteiger partial charge in [0, 0.05) is 25.7 Å². The van der Waals surface area contributed by atoms with Crippen LogP contribution >= 0.6 is 0 Å². The van der Waals surface area contributed by atoms with Gasteiger partial charge in [-0.3, -0.25) is 0 Å². The standard InChI is InChI=1S/C9H21N3O2S/c1-3-12(4-2)15(13,14)11-8-9-6-5-7-10-9/h9-11H,3-8H2,1-2H3. The van der Waals surface area contributed by atoms with Crippen molar-refractivity contribution in [1.29, 1.82) is 0 Å². The number of hydrogen-bond donors (Lipinski definition) is 2. The highest BCUT2D eigenvalue weighted by Crippen LogP contribution is 2.04. The van der Waals surface area contributed by atoms with Crippen LogP contribution in [0.5, 0.6) is 0 Å². The third-order valence-corrected chi connectivity index (χ3v) is 4.45. The van der Waals surface area contributed by atoms with E-state index in [9.17, 15) is 8.42 Å². The summed E-state index contributed by atoms with van der Waals surface area (Å²) in [5.41, 5.74) is 0. The summed E-state index contributed by atoms with van der Waals surface area (Å²) in [6.07, 6.45) is 2.19. The molecule has 1 unspecified atom stereocenters. The Balaban J connectivity index is 2.41. The second kappa shape index (κ2) is 5.79. The molecule has 0 radical (unpaired) electrons. The Morgan fingerprint density at radius 2 is 2.07 bits per heavy atom. The van der Waals surface area contributed by atoms with Crippen molar-refractivity contribution in [3.63, 3.8) is 0 Å². The zero-order valence-electron chi connectivity index (χ0n) is 9.49. The summed E-state index contributed by atoms with van der Waals surface area (Å²) < 4.78 is 27.5. The summed E-state index contributed by atoms with van der Waals surface area (Å²) in [7, 11) is -3.27. The van der Waals surface area contributed by atoms with E-state index in [1.54, 1.807) is 0 Å². The van der Waals surface area contributed by atoms with E-state index in [2.05, 4.69) is 10.0 Å². The molecular formula is C9H21N3O2S. The van der Waals surface area contributed by atoms with Crippen molar-refractivity contribution < 1.29 is 8.42 Å². The summed E-state index contributed by atoms with van der Waals surface area (Å²) in [5.74, 6) is 0. The second-order valence-corrected chi connectivity index (χ2v) is 5.49. The van der Waals surface area contributed by atoms with Crippen molar-refractivity contribution in [2.45, 2.75) is 32.7 Å². The van der Waals surface area contributed by atoms with Crippen molar-refractivity contribution in [3.05, 3.63) is 0 Å². The highest BCUT2D eigenvalue weighted by molar-refractivity contribution is 7.87. The Hall–Kier alpha value is -0.170. The predicted molar refractivity (Wildman–Crippen MR) is 60.9 cm³/mol. The minimum Gasteiger partial charge on any atom is -0.313 e. The molecule has 0 aromatic carbocycles. The van der Waals surface area contributed by atoms with Crippen LogP contribution in [0.4, 0.5) is 0 Å². The molecule has 2 N–H and O–H groups in total. The Morgan fingerprint density at radius 1 is 1.40 bits per heavy atom. The van der Waals surface area contributed by atoms with Crippen LogP contribution in [0.3, 0.4) is 0 Å². The molecule has 1 saturated heterocycles. The Labute approximate surface area is 92.4 Å². The van der Waals surface area contributed by atoms with Crippen LogP contribution < -0.4 is 10.0 Å². The van der Waals surface area contributed by atoms with Gasteiger partial charge < -0.3 is 5.32 Å². The van der Waals surface area contributed by atoms with Crippen molar-refractivity contribution in [2.24, 2.45) is 0 Å². The molecule has 1 fully saturated rings. The molecule has 1 aliphatic heterocycles. The Bertz CT molecular complexity index is 269. The maximum Gasteiger partial charge on any atom is 0.279 e. The molecule has 0 bridgehead atoms. The summed E-state index contributed by atoms with van der Waals surface area (Å²) in [4.78, 5) is 0. The lowest BCUT2D eigenvalue weighted by atomic mass is 10.2. The molecule has 0 saturated carbocycles. The lowest BCUT2D eigenvalue weighted by Crippen LogP contribution is -2.45. The van der Waals surface area contributed by atoms with Crippen LogP contribution in [0.1, 0.15) is 26.7 Å². The largest absolute Gasteiger partial charge is 0.313 e. The van der Waals surface area contributed by atoms with E-state index in [1.807, 2.05) is 13.8 Å². The molecule has 0 aromatic heterocycles. The third kappa shape index (κ3) is 3.71. The summed E-state index contributed by atoms with van der Waals surface area (Å²) in [6, 6.07) is 0.301. The van der Waals surface area contributed by atoms with Gasteiger partial charge in [-0.25, -0.2) is 4.72 Å². The molecule has 5 nitrogen and oxygen atoms in total. The van der Waals surface area contributed by atoms with E-state index in [4.69, 9.17) is 0 Å². The van der Waals surface area contributed by atoms with Crippen LogP contribution in [-0.2, 0) is 10.2 Å². The molecule has 1 aliphatic rings. The molecule has 1 rings (SSSR count). The molecular weight excluding hydrogens is 214 g/mol. The molecule has 1 atom stereocenters. The van der Waals surface area contributed by atoms with Crippen LogP contribution in [0.2, 0.25) is 0 Å². The lowest BCUT2D eigenvalue weighted by Gasteiger charge is -2.20. The van der Waals surface area contributed by atoms with Crippen molar-refractivity contribution in [2.75, 3.05) is 26.2 Å². The molecule has 15 heavy (non-hydrogen) atoms. The average molecular weight is 235 g/mol. The highest BCUT2D eigenvalue weighted by Gasteiger charge is 2.21. The minimum atomic E-state index is -3.27. The first-order chi connectivity index (χ1) is 7.10. The fourth-order valence-electron chi connectivity index (χ4n) is 1.79. The minimum absolute atomic E-state index is 0.301.